The van der Waals surface area contributed by atoms with Gasteiger partial charge in [-0.2, -0.15) is 13.2 Å². The molecule has 2 aromatic rings. The average Bonchev–Trinajstić information content (AvgIpc) is 3.00. The molecule has 0 fully saturated rings. The number of anilines is 1. The van der Waals surface area contributed by atoms with E-state index in [-0.39, 0.29) is 16.4 Å². The van der Waals surface area contributed by atoms with Gasteiger partial charge in [-0.25, -0.2) is 13.4 Å². The van der Waals surface area contributed by atoms with E-state index in [0.29, 0.717) is 22.4 Å². The van der Waals surface area contributed by atoms with Crippen molar-refractivity contribution < 1.29 is 31.4 Å². The number of hydrogen-bond donors (Lipinski definition) is 1. The van der Waals surface area contributed by atoms with Crippen molar-refractivity contribution in [3.8, 4) is 5.75 Å². The van der Waals surface area contributed by atoms with E-state index in [1.54, 1.807) is 26.0 Å². The highest BCUT2D eigenvalue weighted by atomic mass is 32.2. The molecule has 6 nitrogen and oxygen atoms in total. The largest absolute Gasteiger partial charge is 0.496 e. The number of β-amino-alcohol motifs (C(OH)–C–C–N with tert-alkyl or cyclic N) is 1. The lowest BCUT2D eigenvalue weighted by Crippen LogP contribution is -2.47. The van der Waals surface area contributed by atoms with E-state index in [9.17, 15) is 26.7 Å². The van der Waals surface area contributed by atoms with Crippen LogP contribution < -0.4 is 9.64 Å². The van der Waals surface area contributed by atoms with Crippen LogP contribution in [0.1, 0.15) is 16.7 Å². The van der Waals surface area contributed by atoms with Crippen LogP contribution in [0.2, 0.25) is 0 Å². The summed E-state index contributed by atoms with van der Waals surface area (Å²) in [7, 11) is -1.97. The number of sulfone groups is 1. The number of hydrogen-bond acceptors (Lipinski definition) is 6. The summed E-state index contributed by atoms with van der Waals surface area (Å²) in [6.45, 7) is 2.66. The minimum Gasteiger partial charge on any atom is -0.496 e. The Balaban J connectivity index is 2.14. The number of alkyl halides is 3. The van der Waals surface area contributed by atoms with Gasteiger partial charge in [-0.1, -0.05) is 0 Å². The van der Waals surface area contributed by atoms with Crippen LogP contribution in [-0.2, 0) is 9.84 Å². The number of nitrogens with zero attached hydrogens (tertiary/aromatic N) is 2. The number of aliphatic imine (C=N–C) groups is 1. The maximum atomic E-state index is 13.5. The van der Waals surface area contributed by atoms with Gasteiger partial charge in [0.15, 0.2) is 9.84 Å². The van der Waals surface area contributed by atoms with E-state index in [1.165, 1.54) is 36.3 Å². The van der Waals surface area contributed by atoms with Crippen LogP contribution >= 0.6 is 0 Å². The summed E-state index contributed by atoms with van der Waals surface area (Å²) < 4.78 is 69.3. The molecule has 1 aliphatic heterocycles. The van der Waals surface area contributed by atoms with E-state index < -0.39 is 28.3 Å². The van der Waals surface area contributed by atoms with Crippen LogP contribution in [-0.4, -0.2) is 51.2 Å². The van der Waals surface area contributed by atoms with Gasteiger partial charge in [-0.05, 0) is 61.4 Å². The molecule has 1 N–H and O–H groups in total. The van der Waals surface area contributed by atoms with Crippen molar-refractivity contribution in [3.63, 3.8) is 0 Å². The number of benzene rings is 2. The Hall–Kier alpha value is -2.59. The molecule has 0 aliphatic carbocycles. The first-order valence-electron chi connectivity index (χ1n) is 8.89. The van der Waals surface area contributed by atoms with Crippen molar-refractivity contribution in [2.75, 3.05) is 24.8 Å². The van der Waals surface area contributed by atoms with Gasteiger partial charge in [-0.15, -0.1) is 0 Å². The van der Waals surface area contributed by atoms with Crippen LogP contribution in [0.25, 0.3) is 0 Å². The Morgan fingerprint density at radius 1 is 1.13 bits per heavy atom. The second-order valence-electron chi connectivity index (χ2n) is 7.25. The summed E-state index contributed by atoms with van der Waals surface area (Å²) in [5, 5.41) is 10.2. The summed E-state index contributed by atoms with van der Waals surface area (Å²) in [4.78, 5) is 4.90. The van der Waals surface area contributed by atoms with Crippen molar-refractivity contribution >= 4 is 21.4 Å². The number of amidine groups is 1. The van der Waals surface area contributed by atoms with Crippen molar-refractivity contribution in [3.05, 3.63) is 53.1 Å². The Labute approximate surface area is 172 Å². The smallest absolute Gasteiger partial charge is 0.440 e. The van der Waals surface area contributed by atoms with Gasteiger partial charge in [0.2, 0.25) is 0 Å². The summed E-state index contributed by atoms with van der Waals surface area (Å²) in [6.07, 6.45) is -3.95. The fourth-order valence-electron chi connectivity index (χ4n) is 3.43. The normalized spacial score (nSPS) is 19.7. The molecular weight excluding hydrogens is 421 g/mol. The first-order valence-corrected chi connectivity index (χ1v) is 10.8. The summed E-state index contributed by atoms with van der Waals surface area (Å²) in [5.74, 6) is 0.531. The predicted molar refractivity (Wildman–Crippen MR) is 107 cm³/mol. The third-order valence-electron chi connectivity index (χ3n) is 4.88. The second kappa shape index (κ2) is 7.28. The first-order chi connectivity index (χ1) is 13.8. The number of aliphatic hydroxyl groups is 1. The molecule has 1 atom stereocenters. The Morgan fingerprint density at radius 3 is 2.10 bits per heavy atom. The Morgan fingerprint density at radius 2 is 1.67 bits per heavy atom. The van der Waals surface area contributed by atoms with Gasteiger partial charge in [0.1, 0.15) is 11.6 Å². The van der Waals surface area contributed by atoms with Gasteiger partial charge < -0.3 is 14.7 Å². The zero-order chi connectivity index (χ0) is 22.5. The quantitative estimate of drug-likeness (QED) is 0.787. The molecule has 3 rings (SSSR count). The number of methoxy groups -OCH3 is 1. The van der Waals surface area contributed by atoms with E-state index in [4.69, 9.17) is 4.74 Å². The lowest BCUT2D eigenvalue weighted by molar-refractivity contribution is -0.249. The number of rotatable bonds is 4. The first kappa shape index (κ1) is 22.1. The monoisotopic (exact) mass is 442 g/mol. The molecule has 1 unspecified atom stereocenters. The Bertz CT molecular complexity index is 1090. The molecule has 1 heterocycles. The topological polar surface area (TPSA) is 79.2 Å². The number of aryl methyl sites for hydroxylation is 2. The third kappa shape index (κ3) is 3.89. The van der Waals surface area contributed by atoms with Crippen LogP contribution in [0.5, 0.6) is 5.75 Å². The summed E-state index contributed by atoms with van der Waals surface area (Å²) >= 11 is 0. The molecule has 0 spiro atoms. The van der Waals surface area contributed by atoms with E-state index in [2.05, 4.69) is 4.99 Å². The highest BCUT2D eigenvalue weighted by molar-refractivity contribution is 7.90. The molecule has 0 saturated carbocycles. The Kier molecular flexibility index (Phi) is 5.36. The van der Waals surface area contributed by atoms with Crippen LogP contribution in [0.4, 0.5) is 18.9 Å². The van der Waals surface area contributed by atoms with Gasteiger partial charge in [0.05, 0.1) is 18.6 Å². The summed E-state index contributed by atoms with van der Waals surface area (Å²) in [5.41, 5.74) is -1.25. The van der Waals surface area contributed by atoms with Gasteiger partial charge in [0, 0.05) is 17.5 Å². The molecule has 10 heteroatoms. The van der Waals surface area contributed by atoms with Gasteiger partial charge >= 0.3 is 6.18 Å². The van der Waals surface area contributed by atoms with Crippen molar-refractivity contribution in [1.29, 1.82) is 0 Å². The molecule has 162 valence electrons. The maximum absolute atomic E-state index is 13.5. The summed E-state index contributed by atoms with van der Waals surface area (Å²) in [6, 6.07) is 8.64. The molecule has 0 saturated heterocycles. The fourth-order valence-corrected chi connectivity index (χ4v) is 4.06. The van der Waals surface area contributed by atoms with Gasteiger partial charge in [-0.3, -0.25) is 0 Å². The van der Waals surface area contributed by atoms with Crippen molar-refractivity contribution in [2.45, 2.75) is 30.6 Å². The zero-order valence-corrected chi connectivity index (χ0v) is 17.6. The molecule has 0 amide bonds. The van der Waals surface area contributed by atoms with Crippen LogP contribution in [0, 0.1) is 13.8 Å². The lowest BCUT2D eigenvalue weighted by Gasteiger charge is -2.26. The zero-order valence-electron chi connectivity index (χ0n) is 16.8. The predicted octanol–water partition coefficient (Wildman–Crippen LogP) is 3.23. The highest BCUT2D eigenvalue weighted by Gasteiger charge is 2.59. The molecular formula is C20H21F3N2O4S. The van der Waals surface area contributed by atoms with Crippen molar-refractivity contribution in [1.82, 2.24) is 0 Å². The number of halogens is 3. The van der Waals surface area contributed by atoms with Crippen molar-refractivity contribution in [2.24, 2.45) is 4.99 Å². The molecule has 0 bridgehead atoms. The van der Waals surface area contributed by atoms with Crippen LogP contribution in [0.3, 0.4) is 0 Å². The minimum absolute atomic E-state index is 0.0335. The van der Waals surface area contributed by atoms with E-state index in [0.717, 1.165) is 6.26 Å². The number of ether oxygens (including phenoxy) is 1. The lowest BCUT2D eigenvalue weighted by atomic mass is 10.0. The molecule has 0 aromatic heterocycles. The molecule has 2 aromatic carbocycles. The van der Waals surface area contributed by atoms with Crippen LogP contribution in [0.15, 0.2) is 46.3 Å². The standard InChI is InChI=1S/C20H21F3N2O4S/c1-12-9-14(10-13(2)17(12)29-3)18-24-19(26,20(21,22)23)11-25(18)15-5-7-16(8-6-15)30(4,27)28/h5-10,26H,11H2,1-4H3. The van der Waals surface area contributed by atoms with E-state index in [1.807, 2.05) is 0 Å². The highest BCUT2D eigenvalue weighted by Crippen LogP contribution is 2.39. The molecule has 0 radical (unpaired) electrons. The van der Waals surface area contributed by atoms with Gasteiger partial charge in [0.25, 0.3) is 5.72 Å². The second-order valence-corrected chi connectivity index (χ2v) is 9.26. The third-order valence-corrected chi connectivity index (χ3v) is 6.01. The fraction of sp³-hybridized carbons (Fsp3) is 0.350. The SMILES string of the molecule is COc1c(C)cc(C2=NC(O)(C(F)(F)F)CN2c2ccc(S(C)(=O)=O)cc2)cc1C. The van der Waals surface area contributed by atoms with E-state index >= 15 is 0 Å². The average molecular weight is 442 g/mol. The minimum atomic E-state index is -4.99. The molecule has 30 heavy (non-hydrogen) atoms. The molecule has 1 aliphatic rings. The maximum Gasteiger partial charge on any atom is 0.440 e.